The third-order valence-corrected chi connectivity index (χ3v) is 12.0. The summed E-state index contributed by atoms with van der Waals surface area (Å²) in [5.74, 6) is 6.82. The standard InChI is InChI=1S/C37H47ClN2O6S/c1-5-6-18-37(45-4,19-7-8-20-41)32-14-11-29(32)23-40-24-36(17-9-10-27-21-30(38)13-15-31(27)36)25-46-34-16-12-28(22-33(34)40)35(42)39-47(43,44)26(2)3/h6,12-13,15-16,18,21-22,26,29,32,41H,5,8-11,14,17,20,23-25H2,1-4H3,(H,39,42)/b18-6+/t29-,32+,36-,37+/m0/s1. The Morgan fingerprint density at radius 2 is 2.09 bits per heavy atom. The number of anilines is 1. The van der Waals surface area contributed by atoms with Gasteiger partial charge >= 0.3 is 0 Å². The monoisotopic (exact) mass is 682 g/mol. The van der Waals surface area contributed by atoms with Gasteiger partial charge in [0.1, 0.15) is 11.4 Å². The van der Waals surface area contributed by atoms with E-state index in [1.807, 2.05) is 6.07 Å². The molecule has 47 heavy (non-hydrogen) atoms. The van der Waals surface area contributed by atoms with E-state index in [-0.39, 0.29) is 29.4 Å². The highest BCUT2D eigenvalue weighted by Gasteiger charge is 2.48. The number of amides is 1. The van der Waals surface area contributed by atoms with Crippen LogP contribution in [-0.2, 0) is 26.6 Å². The van der Waals surface area contributed by atoms with Crippen molar-refractivity contribution >= 4 is 33.2 Å². The quantitative estimate of drug-likeness (QED) is 0.232. The molecule has 254 valence electrons. The molecule has 0 saturated heterocycles. The SMILES string of the molecule is CC/C=C/[C@](C#CCCO)(OC)[C@@H]1CC[C@H]1CN1C[C@@]2(CCCc3cc(Cl)ccc32)COc2ccc(C(=O)NS(=O)(=O)C(C)C)cc21. The number of rotatable bonds is 10. The Hall–Kier alpha value is -3.03. The molecule has 1 aliphatic heterocycles. The number of methoxy groups -OCH3 is 1. The lowest BCUT2D eigenvalue weighted by Gasteiger charge is -2.48. The van der Waals surface area contributed by atoms with Crippen LogP contribution in [0.1, 0.15) is 80.8 Å². The van der Waals surface area contributed by atoms with Crippen LogP contribution in [-0.4, -0.2) is 63.7 Å². The van der Waals surface area contributed by atoms with E-state index in [9.17, 15) is 18.3 Å². The molecule has 3 aliphatic rings. The van der Waals surface area contributed by atoms with Crippen molar-refractivity contribution in [3.05, 3.63) is 70.3 Å². The number of carbonyl (C=O) groups is 1. The van der Waals surface area contributed by atoms with Crippen molar-refractivity contribution in [3.63, 3.8) is 0 Å². The number of fused-ring (bicyclic) bond motifs is 3. The van der Waals surface area contributed by atoms with Gasteiger partial charge in [-0.15, -0.1) is 0 Å². The maximum atomic E-state index is 13.3. The average Bonchev–Trinajstić information content (AvgIpc) is 3.18. The van der Waals surface area contributed by atoms with Crippen molar-refractivity contribution in [3.8, 4) is 17.6 Å². The number of aliphatic hydroxyl groups is 1. The van der Waals surface area contributed by atoms with Gasteiger partial charge in [0.2, 0.25) is 10.0 Å². The predicted molar refractivity (Wildman–Crippen MR) is 187 cm³/mol. The molecule has 0 unspecified atom stereocenters. The van der Waals surface area contributed by atoms with Crippen LogP contribution in [0.4, 0.5) is 5.69 Å². The van der Waals surface area contributed by atoms with E-state index >= 15 is 0 Å². The molecule has 2 N–H and O–H groups in total. The molecule has 5 rings (SSSR count). The molecule has 0 aromatic heterocycles. The fourth-order valence-electron chi connectivity index (χ4n) is 7.27. The number of sulfonamides is 1. The van der Waals surface area contributed by atoms with Gasteiger partial charge in [-0.25, -0.2) is 13.1 Å². The molecule has 1 fully saturated rings. The van der Waals surface area contributed by atoms with E-state index in [2.05, 4.69) is 52.7 Å². The zero-order valence-corrected chi connectivity index (χ0v) is 29.4. The number of ether oxygens (including phenoxy) is 2. The van der Waals surface area contributed by atoms with E-state index in [0.29, 0.717) is 31.9 Å². The highest BCUT2D eigenvalue weighted by atomic mass is 35.5. The van der Waals surface area contributed by atoms with Crippen molar-refractivity contribution in [1.29, 1.82) is 0 Å². The maximum absolute atomic E-state index is 13.3. The minimum absolute atomic E-state index is 0.00785. The maximum Gasteiger partial charge on any atom is 0.264 e. The van der Waals surface area contributed by atoms with Gasteiger partial charge in [0.25, 0.3) is 5.91 Å². The van der Waals surface area contributed by atoms with Gasteiger partial charge in [-0.2, -0.15) is 0 Å². The predicted octanol–water partition coefficient (Wildman–Crippen LogP) is 6.04. The number of nitrogens with one attached hydrogen (secondary N) is 1. The van der Waals surface area contributed by atoms with Crippen molar-refractivity contribution in [2.45, 2.75) is 82.0 Å². The minimum Gasteiger partial charge on any atom is -0.490 e. The highest BCUT2D eigenvalue weighted by Crippen LogP contribution is 2.48. The van der Waals surface area contributed by atoms with Crippen LogP contribution in [0.25, 0.3) is 0 Å². The van der Waals surface area contributed by atoms with Crippen LogP contribution in [0.15, 0.2) is 48.6 Å². The molecule has 8 nitrogen and oxygen atoms in total. The Morgan fingerprint density at radius 3 is 2.77 bits per heavy atom. The lowest BCUT2D eigenvalue weighted by Crippen LogP contribution is -2.52. The Balaban J connectivity index is 1.55. The fraction of sp³-hybridized carbons (Fsp3) is 0.541. The number of allylic oxidation sites excluding steroid dienone is 1. The Labute approximate surface area is 284 Å². The number of hydrogen-bond acceptors (Lipinski definition) is 7. The van der Waals surface area contributed by atoms with Crippen LogP contribution in [0.3, 0.4) is 0 Å². The minimum atomic E-state index is -3.81. The molecule has 1 amide bonds. The molecule has 2 aromatic carbocycles. The zero-order chi connectivity index (χ0) is 33.8. The first-order valence-electron chi connectivity index (χ1n) is 16.7. The van der Waals surface area contributed by atoms with Gasteiger partial charge in [0.15, 0.2) is 0 Å². The molecule has 1 spiro atoms. The van der Waals surface area contributed by atoms with E-state index in [1.165, 1.54) is 25.0 Å². The van der Waals surface area contributed by atoms with Gasteiger partial charge in [-0.3, -0.25) is 4.79 Å². The molecule has 2 aromatic rings. The van der Waals surface area contributed by atoms with Gasteiger partial charge in [0.05, 0.1) is 24.2 Å². The summed E-state index contributed by atoms with van der Waals surface area (Å²) >= 11 is 6.43. The molecular weight excluding hydrogens is 636 g/mol. The van der Waals surface area contributed by atoms with Crippen LogP contribution in [0.2, 0.25) is 5.02 Å². The Morgan fingerprint density at radius 1 is 1.28 bits per heavy atom. The molecule has 1 saturated carbocycles. The van der Waals surface area contributed by atoms with Crippen LogP contribution >= 0.6 is 11.6 Å². The van der Waals surface area contributed by atoms with E-state index in [0.717, 1.165) is 49.2 Å². The summed E-state index contributed by atoms with van der Waals surface area (Å²) in [6.45, 7) is 6.96. The smallest absolute Gasteiger partial charge is 0.264 e. The number of aliphatic hydroxyl groups excluding tert-OH is 1. The first kappa shape index (κ1) is 35.3. The summed E-state index contributed by atoms with van der Waals surface area (Å²) in [7, 11) is -2.11. The lowest BCUT2D eigenvalue weighted by molar-refractivity contribution is -0.0351. The van der Waals surface area contributed by atoms with E-state index in [1.54, 1.807) is 25.3 Å². The van der Waals surface area contributed by atoms with Crippen molar-refractivity contribution in [1.82, 2.24) is 4.72 Å². The Kier molecular flexibility index (Phi) is 11.0. The normalized spacial score (nSPS) is 23.5. The number of benzene rings is 2. The first-order chi connectivity index (χ1) is 22.5. The van der Waals surface area contributed by atoms with Gasteiger partial charge < -0.3 is 19.5 Å². The van der Waals surface area contributed by atoms with Crippen LogP contribution in [0, 0.1) is 23.7 Å². The van der Waals surface area contributed by atoms with Crippen LogP contribution in [0.5, 0.6) is 5.75 Å². The van der Waals surface area contributed by atoms with Crippen molar-refractivity contribution in [2.75, 3.05) is 38.3 Å². The third kappa shape index (κ3) is 7.36. The largest absolute Gasteiger partial charge is 0.490 e. The van der Waals surface area contributed by atoms with Gasteiger partial charge in [-0.1, -0.05) is 42.5 Å². The summed E-state index contributed by atoms with van der Waals surface area (Å²) < 4.78 is 40.1. The summed E-state index contributed by atoms with van der Waals surface area (Å²) in [4.78, 5) is 15.6. The first-order valence-corrected chi connectivity index (χ1v) is 18.6. The van der Waals surface area contributed by atoms with E-state index < -0.39 is 26.8 Å². The number of carbonyl (C=O) groups excluding carboxylic acids is 1. The van der Waals surface area contributed by atoms with Crippen molar-refractivity contribution < 1.29 is 27.8 Å². The number of hydrogen-bond donors (Lipinski definition) is 2. The van der Waals surface area contributed by atoms with Crippen molar-refractivity contribution in [2.24, 2.45) is 11.8 Å². The number of halogens is 1. The zero-order valence-electron chi connectivity index (χ0n) is 27.9. The topological polar surface area (TPSA) is 105 Å². The summed E-state index contributed by atoms with van der Waals surface area (Å²) in [6, 6.07) is 11.3. The highest BCUT2D eigenvalue weighted by molar-refractivity contribution is 7.90. The molecule has 4 atom stereocenters. The average molecular weight is 683 g/mol. The summed E-state index contributed by atoms with van der Waals surface area (Å²) in [5, 5.41) is 9.39. The number of aryl methyl sites for hydroxylation is 1. The molecule has 0 radical (unpaired) electrons. The number of nitrogens with zero attached hydrogens (tertiary/aromatic N) is 1. The second kappa shape index (κ2) is 14.6. The van der Waals surface area contributed by atoms with Gasteiger partial charge in [0, 0.05) is 48.5 Å². The molecule has 0 bridgehead atoms. The lowest BCUT2D eigenvalue weighted by atomic mass is 9.64. The second-order valence-corrected chi connectivity index (χ2v) is 16.0. The van der Waals surface area contributed by atoms with E-state index in [4.69, 9.17) is 21.1 Å². The molecule has 2 aliphatic carbocycles. The molecule has 10 heteroatoms. The third-order valence-electron chi connectivity index (χ3n) is 10.0. The second-order valence-electron chi connectivity index (χ2n) is 13.3. The van der Waals surface area contributed by atoms with Gasteiger partial charge in [-0.05, 0) is 106 Å². The summed E-state index contributed by atoms with van der Waals surface area (Å²) in [6.07, 6.45) is 10.2. The molecular formula is C37H47ClN2O6S. The fourth-order valence-corrected chi connectivity index (χ4v) is 8.08. The summed E-state index contributed by atoms with van der Waals surface area (Å²) in [5.41, 5.74) is 2.41. The molecule has 1 heterocycles. The van der Waals surface area contributed by atoms with Crippen LogP contribution < -0.4 is 14.4 Å². The Bertz CT molecular complexity index is 1660.